The van der Waals surface area contributed by atoms with E-state index in [4.69, 9.17) is 0 Å². The van der Waals surface area contributed by atoms with Crippen molar-refractivity contribution in [3.8, 4) is 0 Å². The van der Waals surface area contributed by atoms with Crippen LogP contribution >= 0.6 is 0 Å². The number of carbonyl (C=O) groups excluding carboxylic acids is 1. The van der Waals surface area contributed by atoms with Crippen LogP contribution in [0.4, 0.5) is 5.82 Å². The molecule has 0 saturated heterocycles. The zero-order chi connectivity index (χ0) is 15.5. The van der Waals surface area contributed by atoms with Crippen molar-refractivity contribution < 1.29 is 9.42 Å². The summed E-state index contributed by atoms with van der Waals surface area (Å²) < 4.78 is 6.28. The minimum absolute atomic E-state index is 0.161. The molecule has 1 N–H and O–H groups in total. The Hall–Kier alpha value is -2.96. The molecule has 0 aliphatic rings. The molecule has 7 nitrogen and oxygen atoms in total. The number of benzene rings is 1. The molecule has 22 heavy (non-hydrogen) atoms. The van der Waals surface area contributed by atoms with E-state index in [-0.39, 0.29) is 11.6 Å². The number of hydrogen-bond acceptors (Lipinski definition) is 5. The van der Waals surface area contributed by atoms with Crippen LogP contribution in [0.25, 0.3) is 0 Å². The second kappa shape index (κ2) is 5.80. The first-order chi connectivity index (χ1) is 10.6. The quantitative estimate of drug-likeness (QED) is 0.797. The van der Waals surface area contributed by atoms with Crippen molar-refractivity contribution in [1.82, 2.24) is 20.1 Å². The second-order valence-electron chi connectivity index (χ2n) is 4.98. The van der Waals surface area contributed by atoms with Gasteiger partial charge in [0.2, 0.25) is 0 Å². The average Bonchev–Trinajstić information content (AvgIpc) is 3.10. The van der Waals surface area contributed by atoms with E-state index in [0.717, 1.165) is 0 Å². The number of amides is 1. The van der Waals surface area contributed by atoms with Gasteiger partial charge >= 0.3 is 0 Å². The maximum absolute atomic E-state index is 12.0. The van der Waals surface area contributed by atoms with Crippen molar-refractivity contribution in [2.24, 2.45) is 0 Å². The van der Waals surface area contributed by atoms with Crippen LogP contribution in [0, 0.1) is 13.8 Å². The van der Waals surface area contributed by atoms with Gasteiger partial charge in [0.1, 0.15) is 5.69 Å². The van der Waals surface area contributed by atoms with Crippen LogP contribution in [-0.2, 0) is 6.54 Å². The van der Waals surface area contributed by atoms with Gasteiger partial charge in [-0.15, -0.1) is 0 Å². The predicted octanol–water partition coefficient (Wildman–Crippen LogP) is 2.18. The third kappa shape index (κ3) is 2.88. The molecule has 0 aliphatic carbocycles. The van der Waals surface area contributed by atoms with Crippen molar-refractivity contribution in [2.45, 2.75) is 20.4 Å². The van der Waals surface area contributed by atoms with E-state index in [1.807, 2.05) is 18.3 Å². The SMILES string of the molecule is Cc1ccccc1Cn1ccc(NC(=O)c2nonc2C)n1. The van der Waals surface area contributed by atoms with E-state index in [0.29, 0.717) is 18.1 Å². The van der Waals surface area contributed by atoms with Crippen molar-refractivity contribution in [2.75, 3.05) is 5.32 Å². The highest BCUT2D eigenvalue weighted by atomic mass is 16.6. The summed E-state index contributed by atoms with van der Waals surface area (Å²) in [5.74, 6) is 0.0703. The minimum atomic E-state index is -0.389. The van der Waals surface area contributed by atoms with Crippen LogP contribution in [0.15, 0.2) is 41.2 Å². The smallest absolute Gasteiger partial charge is 0.281 e. The summed E-state index contributed by atoms with van der Waals surface area (Å²) in [5.41, 5.74) is 2.98. The number of rotatable bonds is 4. The Morgan fingerprint density at radius 1 is 1.23 bits per heavy atom. The molecular formula is C15H15N5O2. The third-order valence-corrected chi connectivity index (χ3v) is 3.34. The van der Waals surface area contributed by atoms with Gasteiger partial charge in [-0.1, -0.05) is 29.4 Å². The molecule has 0 bridgehead atoms. The molecule has 2 aromatic heterocycles. The van der Waals surface area contributed by atoms with Gasteiger partial charge in [0, 0.05) is 12.3 Å². The number of hydrogen-bond donors (Lipinski definition) is 1. The standard InChI is InChI=1S/C15H15N5O2/c1-10-5-3-4-6-12(10)9-20-8-7-13(17-20)16-15(21)14-11(2)18-22-19-14/h3-8H,9H2,1-2H3,(H,16,17,21). The Morgan fingerprint density at radius 3 is 2.77 bits per heavy atom. The molecule has 3 rings (SSSR count). The topological polar surface area (TPSA) is 85.8 Å². The number of aromatic nitrogens is 4. The van der Waals surface area contributed by atoms with Gasteiger partial charge in [-0.25, -0.2) is 4.63 Å². The highest BCUT2D eigenvalue weighted by molar-refractivity contribution is 6.02. The van der Waals surface area contributed by atoms with Gasteiger partial charge in [0.25, 0.3) is 5.91 Å². The van der Waals surface area contributed by atoms with E-state index in [1.165, 1.54) is 11.1 Å². The fourth-order valence-electron chi connectivity index (χ4n) is 2.09. The van der Waals surface area contributed by atoms with Crippen LogP contribution < -0.4 is 5.32 Å². The number of nitrogens with one attached hydrogen (secondary N) is 1. The monoisotopic (exact) mass is 297 g/mol. The lowest BCUT2D eigenvalue weighted by atomic mass is 10.1. The normalized spacial score (nSPS) is 10.6. The van der Waals surface area contributed by atoms with E-state index in [2.05, 4.69) is 44.4 Å². The summed E-state index contributed by atoms with van der Waals surface area (Å²) in [7, 11) is 0. The van der Waals surface area contributed by atoms with Gasteiger partial charge in [-0.05, 0) is 30.1 Å². The Labute approximate surface area is 126 Å². The van der Waals surface area contributed by atoms with E-state index >= 15 is 0 Å². The van der Waals surface area contributed by atoms with Gasteiger partial charge in [-0.2, -0.15) is 5.10 Å². The summed E-state index contributed by atoms with van der Waals surface area (Å²) in [4.78, 5) is 12.0. The lowest BCUT2D eigenvalue weighted by molar-refractivity contribution is 0.101. The van der Waals surface area contributed by atoms with Gasteiger partial charge in [-0.3, -0.25) is 9.48 Å². The molecule has 0 radical (unpaired) electrons. The van der Waals surface area contributed by atoms with E-state index in [9.17, 15) is 4.79 Å². The molecule has 0 unspecified atom stereocenters. The van der Waals surface area contributed by atoms with Crippen molar-refractivity contribution in [3.63, 3.8) is 0 Å². The molecule has 1 aromatic carbocycles. The van der Waals surface area contributed by atoms with Crippen LogP contribution in [0.1, 0.15) is 27.3 Å². The second-order valence-corrected chi connectivity index (χ2v) is 4.98. The molecule has 0 atom stereocenters. The number of carbonyl (C=O) groups is 1. The first-order valence-corrected chi connectivity index (χ1v) is 6.82. The van der Waals surface area contributed by atoms with Gasteiger partial charge < -0.3 is 5.32 Å². The third-order valence-electron chi connectivity index (χ3n) is 3.34. The van der Waals surface area contributed by atoms with Gasteiger partial charge in [0.05, 0.1) is 6.54 Å². The van der Waals surface area contributed by atoms with Crippen molar-refractivity contribution in [3.05, 3.63) is 59.0 Å². The molecular weight excluding hydrogens is 282 g/mol. The van der Waals surface area contributed by atoms with Crippen LogP contribution in [0.5, 0.6) is 0 Å². The number of nitrogens with zero attached hydrogens (tertiary/aromatic N) is 4. The molecule has 112 valence electrons. The molecule has 0 spiro atoms. The Balaban J connectivity index is 1.70. The lowest BCUT2D eigenvalue weighted by Gasteiger charge is -2.05. The first-order valence-electron chi connectivity index (χ1n) is 6.82. The van der Waals surface area contributed by atoms with Crippen LogP contribution in [0.2, 0.25) is 0 Å². The maximum atomic E-state index is 12.0. The fourth-order valence-corrected chi connectivity index (χ4v) is 2.09. The zero-order valence-electron chi connectivity index (χ0n) is 12.3. The highest BCUT2D eigenvalue weighted by Crippen LogP contribution is 2.11. The number of anilines is 1. The average molecular weight is 297 g/mol. The summed E-state index contributed by atoms with van der Waals surface area (Å²) in [6, 6.07) is 9.84. The van der Waals surface area contributed by atoms with Crippen LogP contribution in [0.3, 0.4) is 0 Å². The fraction of sp³-hybridized carbons (Fsp3) is 0.200. The molecule has 3 aromatic rings. The molecule has 1 amide bonds. The minimum Gasteiger partial charge on any atom is -0.304 e. The first kappa shape index (κ1) is 14.0. The maximum Gasteiger partial charge on any atom is 0.281 e. The molecule has 0 aliphatic heterocycles. The number of aryl methyl sites for hydroxylation is 2. The van der Waals surface area contributed by atoms with Crippen molar-refractivity contribution >= 4 is 11.7 Å². The molecule has 2 heterocycles. The van der Waals surface area contributed by atoms with Gasteiger partial charge in [0.15, 0.2) is 11.5 Å². The Bertz CT molecular complexity index is 806. The van der Waals surface area contributed by atoms with Crippen LogP contribution in [-0.4, -0.2) is 26.0 Å². The highest BCUT2D eigenvalue weighted by Gasteiger charge is 2.16. The summed E-state index contributed by atoms with van der Waals surface area (Å²) in [6.45, 7) is 4.36. The summed E-state index contributed by atoms with van der Waals surface area (Å²) >= 11 is 0. The zero-order valence-corrected chi connectivity index (χ0v) is 12.3. The Kier molecular flexibility index (Phi) is 3.69. The molecule has 0 fully saturated rings. The van der Waals surface area contributed by atoms with E-state index in [1.54, 1.807) is 17.7 Å². The predicted molar refractivity (Wildman–Crippen MR) is 79.5 cm³/mol. The molecule has 0 saturated carbocycles. The van der Waals surface area contributed by atoms with Crippen molar-refractivity contribution in [1.29, 1.82) is 0 Å². The van der Waals surface area contributed by atoms with E-state index < -0.39 is 0 Å². The lowest BCUT2D eigenvalue weighted by Crippen LogP contribution is -2.14. The molecule has 7 heteroatoms. The summed E-state index contributed by atoms with van der Waals surface area (Å²) in [6.07, 6.45) is 1.82. The summed E-state index contributed by atoms with van der Waals surface area (Å²) in [5, 5.41) is 14.1. The largest absolute Gasteiger partial charge is 0.304 e. The Morgan fingerprint density at radius 2 is 2.05 bits per heavy atom.